The second-order valence-electron chi connectivity index (χ2n) is 6.41. The molecular weight excluding hydrogens is 224 g/mol. The standard InChI is InChI=1S/C15H30N2O/c1-4-17-7-8-18-14(10-17)15(16)13-6-5-11(2)12(3)9-13/h11-15H,4-10,16H2,1-3H3. The highest BCUT2D eigenvalue weighted by Gasteiger charge is 2.34. The fourth-order valence-corrected chi connectivity index (χ4v) is 3.49. The minimum Gasteiger partial charge on any atom is -0.374 e. The Morgan fingerprint density at radius 3 is 2.72 bits per heavy atom. The summed E-state index contributed by atoms with van der Waals surface area (Å²) in [7, 11) is 0. The van der Waals surface area contributed by atoms with Gasteiger partial charge in [0.1, 0.15) is 0 Å². The van der Waals surface area contributed by atoms with Gasteiger partial charge in [-0.1, -0.05) is 27.2 Å². The van der Waals surface area contributed by atoms with Crippen molar-refractivity contribution in [1.82, 2.24) is 4.90 Å². The maximum Gasteiger partial charge on any atom is 0.0855 e. The van der Waals surface area contributed by atoms with Gasteiger partial charge in [0.2, 0.25) is 0 Å². The van der Waals surface area contributed by atoms with E-state index in [0.717, 1.165) is 38.1 Å². The molecule has 2 rings (SSSR count). The zero-order valence-corrected chi connectivity index (χ0v) is 12.3. The van der Waals surface area contributed by atoms with Gasteiger partial charge in [-0.2, -0.15) is 0 Å². The van der Waals surface area contributed by atoms with Crippen LogP contribution in [0.3, 0.4) is 0 Å². The van der Waals surface area contributed by atoms with Gasteiger partial charge in [-0.05, 0) is 37.1 Å². The van der Waals surface area contributed by atoms with Gasteiger partial charge in [0.25, 0.3) is 0 Å². The normalized spacial score (nSPS) is 40.7. The Balaban J connectivity index is 1.88. The Morgan fingerprint density at radius 2 is 2.06 bits per heavy atom. The Hall–Kier alpha value is -0.120. The van der Waals surface area contributed by atoms with Crippen molar-refractivity contribution in [2.24, 2.45) is 23.5 Å². The van der Waals surface area contributed by atoms with E-state index in [9.17, 15) is 0 Å². The van der Waals surface area contributed by atoms with Gasteiger partial charge in [-0.3, -0.25) is 4.90 Å². The van der Waals surface area contributed by atoms with Crippen LogP contribution in [0.25, 0.3) is 0 Å². The average molecular weight is 254 g/mol. The fraction of sp³-hybridized carbons (Fsp3) is 1.00. The topological polar surface area (TPSA) is 38.5 Å². The van der Waals surface area contributed by atoms with Crippen molar-refractivity contribution in [2.45, 2.75) is 52.2 Å². The third-order valence-corrected chi connectivity index (χ3v) is 5.24. The van der Waals surface area contributed by atoms with E-state index in [0.29, 0.717) is 5.92 Å². The van der Waals surface area contributed by atoms with Gasteiger partial charge in [0.15, 0.2) is 0 Å². The van der Waals surface area contributed by atoms with E-state index in [1.165, 1.54) is 19.3 Å². The van der Waals surface area contributed by atoms with Gasteiger partial charge in [-0.25, -0.2) is 0 Å². The van der Waals surface area contributed by atoms with Crippen LogP contribution in [0.2, 0.25) is 0 Å². The smallest absolute Gasteiger partial charge is 0.0855 e. The van der Waals surface area contributed by atoms with Crippen molar-refractivity contribution >= 4 is 0 Å². The molecule has 0 bridgehead atoms. The Labute approximate surface area is 112 Å². The van der Waals surface area contributed by atoms with E-state index >= 15 is 0 Å². The third kappa shape index (κ3) is 3.25. The molecule has 1 saturated carbocycles. The monoisotopic (exact) mass is 254 g/mol. The van der Waals surface area contributed by atoms with E-state index in [1.807, 2.05) is 0 Å². The minimum absolute atomic E-state index is 0.231. The van der Waals surface area contributed by atoms with E-state index in [-0.39, 0.29) is 12.1 Å². The second kappa shape index (κ2) is 6.36. The minimum atomic E-state index is 0.231. The number of rotatable bonds is 3. The predicted molar refractivity (Wildman–Crippen MR) is 75.5 cm³/mol. The zero-order valence-electron chi connectivity index (χ0n) is 12.3. The largest absolute Gasteiger partial charge is 0.374 e. The molecule has 0 amide bonds. The number of nitrogens with two attached hydrogens (primary N) is 1. The Kier molecular flexibility index (Phi) is 5.05. The quantitative estimate of drug-likeness (QED) is 0.838. The molecule has 0 radical (unpaired) electrons. The van der Waals surface area contributed by atoms with Crippen LogP contribution in [-0.2, 0) is 4.74 Å². The molecule has 106 valence electrons. The molecule has 2 fully saturated rings. The van der Waals surface area contributed by atoms with Crippen LogP contribution in [0.15, 0.2) is 0 Å². The molecule has 1 aliphatic heterocycles. The van der Waals surface area contributed by atoms with E-state index < -0.39 is 0 Å². The second-order valence-corrected chi connectivity index (χ2v) is 6.41. The molecule has 1 saturated heterocycles. The fourth-order valence-electron chi connectivity index (χ4n) is 3.49. The lowest BCUT2D eigenvalue weighted by molar-refractivity contribution is -0.0532. The summed E-state index contributed by atoms with van der Waals surface area (Å²) in [6.07, 6.45) is 4.17. The summed E-state index contributed by atoms with van der Waals surface area (Å²) in [5.74, 6) is 2.35. The molecular formula is C15H30N2O. The summed E-state index contributed by atoms with van der Waals surface area (Å²) in [5.41, 5.74) is 6.50. The van der Waals surface area contributed by atoms with Crippen LogP contribution < -0.4 is 5.73 Å². The SMILES string of the molecule is CCN1CCOC(C(N)C2CCC(C)C(C)C2)C1. The molecule has 0 aromatic rings. The van der Waals surface area contributed by atoms with Gasteiger partial charge in [0.05, 0.1) is 12.7 Å². The molecule has 2 N–H and O–H groups in total. The number of likely N-dealkylation sites (N-methyl/N-ethyl adjacent to an activating group) is 1. The van der Waals surface area contributed by atoms with E-state index in [1.54, 1.807) is 0 Å². The van der Waals surface area contributed by atoms with E-state index in [4.69, 9.17) is 10.5 Å². The summed E-state index contributed by atoms with van der Waals surface area (Å²) in [6.45, 7) is 11.0. The molecule has 3 heteroatoms. The molecule has 0 aromatic carbocycles. The van der Waals surface area contributed by atoms with Gasteiger partial charge >= 0.3 is 0 Å². The van der Waals surface area contributed by atoms with Gasteiger partial charge in [-0.15, -0.1) is 0 Å². The molecule has 1 aliphatic carbocycles. The number of nitrogens with zero attached hydrogens (tertiary/aromatic N) is 1. The van der Waals surface area contributed by atoms with Crippen LogP contribution in [0.1, 0.15) is 40.0 Å². The molecule has 0 spiro atoms. The van der Waals surface area contributed by atoms with Crippen molar-refractivity contribution in [1.29, 1.82) is 0 Å². The lowest BCUT2D eigenvalue weighted by atomic mass is 9.72. The first-order valence-electron chi connectivity index (χ1n) is 7.71. The first-order valence-corrected chi connectivity index (χ1v) is 7.71. The Bertz CT molecular complexity index is 253. The maximum absolute atomic E-state index is 6.50. The van der Waals surface area contributed by atoms with Crippen molar-refractivity contribution in [2.75, 3.05) is 26.2 Å². The highest BCUT2D eigenvalue weighted by molar-refractivity contribution is 4.89. The highest BCUT2D eigenvalue weighted by Crippen LogP contribution is 2.35. The van der Waals surface area contributed by atoms with Gasteiger partial charge < -0.3 is 10.5 Å². The summed E-state index contributed by atoms with van der Waals surface area (Å²) in [4.78, 5) is 2.46. The van der Waals surface area contributed by atoms with Crippen LogP contribution in [0.5, 0.6) is 0 Å². The third-order valence-electron chi connectivity index (χ3n) is 5.24. The van der Waals surface area contributed by atoms with Crippen molar-refractivity contribution in [3.63, 3.8) is 0 Å². The van der Waals surface area contributed by atoms with Crippen LogP contribution in [0, 0.1) is 17.8 Å². The summed E-state index contributed by atoms with van der Waals surface area (Å²) in [6, 6.07) is 0.231. The zero-order chi connectivity index (χ0) is 13.1. The number of hydrogen-bond donors (Lipinski definition) is 1. The highest BCUT2D eigenvalue weighted by atomic mass is 16.5. The number of hydrogen-bond acceptors (Lipinski definition) is 3. The average Bonchev–Trinajstić information content (AvgIpc) is 2.41. The lowest BCUT2D eigenvalue weighted by Gasteiger charge is -2.41. The predicted octanol–water partition coefficient (Wildman–Crippen LogP) is 2.11. The number of ether oxygens (including phenoxy) is 1. The first kappa shape index (κ1) is 14.3. The van der Waals surface area contributed by atoms with Crippen LogP contribution in [0.4, 0.5) is 0 Å². The first-order chi connectivity index (χ1) is 8.61. The van der Waals surface area contributed by atoms with Gasteiger partial charge in [0, 0.05) is 19.1 Å². The molecule has 0 aromatic heterocycles. The number of morpholine rings is 1. The molecule has 5 atom stereocenters. The molecule has 18 heavy (non-hydrogen) atoms. The maximum atomic E-state index is 6.50. The molecule has 5 unspecified atom stereocenters. The van der Waals surface area contributed by atoms with E-state index in [2.05, 4.69) is 25.7 Å². The van der Waals surface area contributed by atoms with Crippen LogP contribution in [-0.4, -0.2) is 43.3 Å². The molecule has 2 aliphatic rings. The van der Waals surface area contributed by atoms with Crippen molar-refractivity contribution < 1.29 is 4.74 Å². The Morgan fingerprint density at radius 1 is 1.28 bits per heavy atom. The summed E-state index contributed by atoms with van der Waals surface area (Å²) in [5, 5.41) is 0. The van der Waals surface area contributed by atoms with Crippen molar-refractivity contribution in [3.8, 4) is 0 Å². The summed E-state index contributed by atoms with van der Waals surface area (Å²) >= 11 is 0. The summed E-state index contributed by atoms with van der Waals surface area (Å²) < 4.78 is 5.92. The van der Waals surface area contributed by atoms with Crippen molar-refractivity contribution in [3.05, 3.63) is 0 Å². The lowest BCUT2D eigenvalue weighted by Crippen LogP contribution is -2.53. The van der Waals surface area contributed by atoms with Crippen LogP contribution >= 0.6 is 0 Å². The molecule has 3 nitrogen and oxygen atoms in total. The molecule has 1 heterocycles.